The van der Waals surface area contributed by atoms with E-state index in [4.69, 9.17) is 9.47 Å². The molecule has 1 unspecified atom stereocenters. The monoisotopic (exact) mass is 291 g/mol. The van der Waals surface area contributed by atoms with E-state index in [-0.39, 0.29) is 6.29 Å². The van der Waals surface area contributed by atoms with Crippen molar-refractivity contribution in [1.29, 1.82) is 0 Å². The molecule has 0 amide bonds. The molecule has 0 aliphatic rings. The van der Waals surface area contributed by atoms with E-state index in [0.717, 1.165) is 6.35 Å². The van der Waals surface area contributed by atoms with Gasteiger partial charge in [0.05, 0.1) is 18.5 Å². The number of hydrogen-bond acceptors (Lipinski definition) is 2. The summed E-state index contributed by atoms with van der Waals surface area (Å²) in [5.74, 6) is 0. The van der Waals surface area contributed by atoms with Gasteiger partial charge in [-0.25, -0.2) is 0 Å². The summed E-state index contributed by atoms with van der Waals surface area (Å²) in [6.45, 7) is 8.90. The zero-order valence-corrected chi connectivity index (χ0v) is 14.8. The number of methoxy groups -OCH3 is 1. The Morgan fingerprint density at radius 2 is 1.26 bits per heavy atom. The molecule has 0 aliphatic carbocycles. The normalized spacial score (nSPS) is 13.7. The highest BCUT2D eigenvalue weighted by Gasteiger charge is 2.36. The van der Waals surface area contributed by atoms with E-state index in [1.807, 2.05) is 6.92 Å². The van der Waals surface area contributed by atoms with Gasteiger partial charge in [0.1, 0.15) is 0 Å². The Bertz CT molecular complexity index is 175. The first kappa shape index (κ1) is 19.4. The van der Waals surface area contributed by atoms with Gasteiger partial charge in [-0.3, -0.25) is 0 Å². The minimum atomic E-state index is -0.915. The van der Waals surface area contributed by atoms with Gasteiger partial charge >= 0.3 is 0 Å². The van der Waals surface area contributed by atoms with Crippen LogP contribution in [0.2, 0.25) is 0 Å². The fourth-order valence-corrected chi connectivity index (χ4v) is 6.89. The first-order chi connectivity index (χ1) is 9.14. The molecule has 0 rings (SSSR count). The summed E-state index contributed by atoms with van der Waals surface area (Å²) in [6.07, 6.45) is 13.2. The van der Waals surface area contributed by atoms with Crippen molar-refractivity contribution in [3.05, 3.63) is 0 Å². The molecule has 0 aliphatic heterocycles. The average molecular weight is 291 g/mol. The molecule has 0 N–H and O–H groups in total. The number of ether oxygens (including phenoxy) is 2. The highest BCUT2D eigenvalue weighted by Crippen LogP contribution is 2.60. The number of hydrogen-bond donors (Lipinski definition) is 0. The predicted molar refractivity (Wildman–Crippen MR) is 88.7 cm³/mol. The van der Waals surface area contributed by atoms with Crippen molar-refractivity contribution in [2.75, 3.05) is 31.9 Å². The Balaban J connectivity index is 4.56. The van der Waals surface area contributed by atoms with Crippen molar-refractivity contribution in [3.8, 4) is 0 Å². The lowest BCUT2D eigenvalue weighted by molar-refractivity contribution is -0.0954. The number of rotatable bonds is 13. The molecule has 0 bridgehead atoms. The second kappa shape index (κ2) is 12.1. The Morgan fingerprint density at radius 1 is 0.842 bits per heavy atom. The summed E-state index contributed by atoms with van der Waals surface area (Å²) in [5, 5.41) is 0. The lowest BCUT2D eigenvalue weighted by Crippen LogP contribution is -2.19. The summed E-state index contributed by atoms with van der Waals surface area (Å²) >= 11 is 0. The zero-order chi connectivity index (χ0) is 14.6. The molecule has 0 saturated heterocycles. The van der Waals surface area contributed by atoms with Gasteiger partial charge in [-0.1, -0.05) is 40.0 Å². The van der Waals surface area contributed by atoms with Gasteiger partial charge < -0.3 is 9.47 Å². The van der Waals surface area contributed by atoms with E-state index in [0.29, 0.717) is 0 Å². The molecule has 1 atom stereocenters. The van der Waals surface area contributed by atoms with Crippen LogP contribution in [0.15, 0.2) is 0 Å². The molecule has 116 valence electrons. The van der Waals surface area contributed by atoms with Crippen molar-refractivity contribution in [2.24, 2.45) is 0 Å². The van der Waals surface area contributed by atoms with E-state index < -0.39 is 7.26 Å². The first-order valence-corrected chi connectivity index (χ1v) is 10.7. The standard InChI is InChI=1S/C16H36O2P/c1-6-9-12-19(13-10-7-2,14-11-8-3)15-18-16(4)17-5/h16H,6-15H2,1-5H3/q+1. The molecular formula is C16H36O2P+. The molecule has 0 heterocycles. The largest absolute Gasteiger partial charge is 0.356 e. The molecule has 3 heteroatoms. The van der Waals surface area contributed by atoms with E-state index in [9.17, 15) is 0 Å². The van der Waals surface area contributed by atoms with Crippen LogP contribution in [0.25, 0.3) is 0 Å². The van der Waals surface area contributed by atoms with Crippen molar-refractivity contribution in [3.63, 3.8) is 0 Å². The van der Waals surface area contributed by atoms with Crippen LogP contribution in [-0.4, -0.2) is 38.2 Å². The van der Waals surface area contributed by atoms with Gasteiger partial charge in [0, 0.05) is 14.4 Å². The molecule has 0 spiro atoms. The van der Waals surface area contributed by atoms with Gasteiger partial charge in [-0.05, 0) is 26.2 Å². The molecule has 0 fully saturated rings. The maximum atomic E-state index is 5.97. The molecule has 19 heavy (non-hydrogen) atoms. The molecule has 0 radical (unpaired) electrons. The topological polar surface area (TPSA) is 18.5 Å². The molecule has 0 saturated carbocycles. The fourth-order valence-electron chi connectivity index (χ4n) is 2.34. The summed E-state index contributed by atoms with van der Waals surface area (Å²) in [7, 11) is 0.816. The fraction of sp³-hybridized carbons (Fsp3) is 1.00. The predicted octanol–water partition coefficient (Wildman–Crippen LogP) is 5.37. The third-order valence-electron chi connectivity index (χ3n) is 3.87. The molecule has 0 aromatic heterocycles. The van der Waals surface area contributed by atoms with Crippen LogP contribution in [0, 0.1) is 0 Å². The van der Waals surface area contributed by atoms with Crippen molar-refractivity contribution >= 4 is 7.26 Å². The van der Waals surface area contributed by atoms with Crippen LogP contribution in [0.3, 0.4) is 0 Å². The second-order valence-corrected chi connectivity index (χ2v) is 9.96. The third-order valence-corrected chi connectivity index (χ3v) is 8.36. The van der Waals surface area contributed by atoms with E-state index >= 15 is 0 Å². The van der Waals surface area contributed by atoms with Crippen molar-refractivity contribution in [1.82, 2.24) is 0 Å². The van der Waals surface area contributed by atoms with Crippen LogP contribution >= 0.6 is 7.26 Å². The summed E-state index contributed by atoms with van der Waals surface area (Å²) in [6, 6.07) is 0. The number of unbranched alkanes of at least 4 members (excludes halogenated alkanes) is 3. The van der Waals surface area contributed by atoms with Crippen LogP contribution in [0.5, 0.6) is 0 Å². The Morgan fingerprint density at radius 3 is 1.58 bits per heavy atom. The van der Waals surface area contributed by atoms with Gasteiger partial charge in [-0.2, -0.15) is 0 Å². The third kappa shape index (κ3) is 9.00. The lowest BCUT2D eigenvalue weighted by Gasteiger charge is -2.28. The highest BCUT2D eigenvalue weighted by atomic mass is 31.2. The quantitative estimate of drug-likeness (QED) is 0.335. The zero-order valence-electron chi connectivity index (χ0n) is 13.9. The van der Waals surface area contributed by atoms with Crippen molar-refractivity contribution in [2.45, 2.75) is 72.5 Å². The Labute approximate surface area is 122 Å². The Hall–Kier alpha value is 0.350. The van der Waals surface area contributed by atoms with Crippen LogP contribution in [-0.2, 0) is 9.47 Å². The molecule has 0 aromatic rings. The van der Waals surface area contributed by atoms with Crippen LogP contribution < -0.4 is 0 Å². The minimum absolute atomic E-state index is 0.0516. The molecule has 2 nitrogen and oxygen atoms in total. The molecule has 0 aromatic carbocycles. The summed E-state index contributed by atoms with van der Waals surface area (Å²) in [5.41, 5.74) is 0. The first-order valence-electron chi connectivity index (χ1n) is 8.13. The SMILES string of the molecule is CCCC[P+](CCCC)(CCCC)COC(C)OC. The summed E-state index contributed by atoms with van der Waals surface area (Å²) in [4.78, 5) is 0. The average Bonchev–Trinajstić information content (AvgIpc) is 2.45. The van der Waals surface area contributed by atoms with Gasteiger partial charge in [0.15, 0.2) is 12.6 Å². The smallest absolute Gasteiger partial charge is 0.160 e. The highest BCUT2D eigenvalue weighted by molar-refractivity contribution is 7.75. The van der Waals surface area contributed by atoms with Gasteiger partial charge in [-0.15, -0.1) is 0 Å². The van der Waals surface area contributed by atoms with Crippen molar-refractivity contribution < 1.29 is 9.47 Å². The Kier molecular flexibility index (Phi) is 12.3. The maximum absolute atomic E-state index is 5.97. The molecular weight excluding hydrogens is 255 g/mol. The van der Waals surface area contributed by atoms with E-state index in [2.05, 4.69) is 20.8 Å². The van der Waals surface area contributed by atoms with Gasteiger partial charge in [0.2, 0.25) is 0 Å². The van der Waals surface area contributed by atoms with Crippen LogP contribution in [0.1, 0.15) is 66.2 Å². The lowest BCUT2D eigenvalue weighted by atomic mass is 10.4. The van der Waals surface area contributed by atoms with Crippen LogP contribution in [0.4, 0.5) is 0 Å². The maximum Gasteiger partial charge on any atom is 0.160 e. The van der Waals surface area contributed by atoms with E-state index in [1.54, 1.807) is 7.11 Å². The van der Waals surface area contributed by atoms with Gasteiger partial charge in [0.25, 0.3) is 0 Å². The van der Waals surface area contributed by atoms with E-state index in [1.165, 1.54) is 57.0 Å². The minimum Gasteiger partial charge on any atom is -0.356 e. The second-order valence-electron chi connectivity index (χ2n) is 5.67. The summed E-state index contributed by atoms with van der Waals surface area (Å²) < 4.78 is 11.2.